The molecule has 0 aliphatic carbocycles. The molecular formula is C13H27NO2. The van der Waals surface area contributed by atoms with Gasteiger partial charge in [0.1, 0.15) is 11.6 Å². The van der Waals surface area contributed by atoms with Gasteiger partial charge in [-0.3, -0.25) is 4.79 Å². The van der Waals surface area contributed by atoms with Crippen molar-refractivity contribution in [3.63, 3.8) is 0 Å². The third-order valence-electron chi connectivity index (χ3n) is 2.04. The van der Waals surface area contributed by atoms with Crippen LogP contribution in [0.1, 0.15) is 54.4 Å². The largest absolute Gasteiger partial charge is 0.459 e. The Morgan fingerprint density at radius 1 is 1.31 bits per heavy atom. The molecule has 0 saturated heterocycles. The van der Waals surface area contributed by atoms with Gasteiger partial charge in [-0.15, -0.1) is 0 Å². The smallest absolute Gasteiger partial charge is 0.323 e. The molecule has 0 aromatic heterocycles. The summed E-state index contributed by atoms with van der Waals surface area (Å²) in [5.74, 6) is 0.414. The molecule has 96 valence electrons. The molecule has 3 heteroatoms. The number of esters is 1. The summed E-state index contributed by atoms with van der Waals surface area (Å²) in [5.41, 5.74) is -0.400. The fraction of sp³-hybridized carbons (Fsp3) is 0.923. The Balaban J connectivity index is 4.23. The summed E-state index contributed by atoms with van der Waals surface area (Å²) in [6.45, 7) is 12.9. The van der Waals surface area contributed by atoms with Gasteiger partial charge in [0.05, 0.1) is 0 Å². The monoisotopic (exact) mass is 229 g/mol. The Kier molecular flexibility index (Phi) is 6.65. The quantitative estimate of drug-likeness (QED) is 0.712. The third-order valence-corrected chi connectivity index (χ3v) is 2.04. The maximum Gasteiger partial charge on any atom is 0.323 e. The van der Waals surface area contributed by atoms with Crippen molar-refractivity contribution < 1.29 is 9.53 Å². The van der Waals surface area contributed by atoms with Gasteiger partial charge in [0.15, 0.2) is 0 Å². The van der Waals surface area contributed by atoms with E-state index in [4.69, 9.17) is 4.74 Å². The van der Waals surface area contributed by atoms with Crippen LogP contribution >= 0.6 is 0 Å². The predicted molar refractivity (Wildman–Crippen MR) is 67.4 cm³/mol. The first-order valence-electron chi connectivity index (χ1n) is 6.22. The van der Waals surface area contributed by atoms with E-state index in [0.717, 1.165) is 19.4 Å². The molecule has 0 heterocycles. The van der Waals surface area contributed by atoms with Gasteiger partial charge >= 0.3 is 5.97 Å². The molecule has 0 rings (SSSR count). The second-order valence-corrected chi connectivity index (χ2v) is 5.68. The number of carbonyl (C=O) groups is 1. The fourth-order valence-corrected chi connectivity index (χ4v) is 1.34. The Morgan fingerprint density at radius 2 is 1.88 bits per heavy atom. The van der Waals surface area contributed by atoms with E-state index in [1.54, 1.807) is 0 Å². The first kappa shape index (κ1) is 15.4. The highest BCUT2D eigenvalue weighted by molar-refractivity contribution is 5.76. The minimum atomic E-state index is -0.400. The SMILES string of the molecule is CCC[C@@H](NCC(C)C)C(=O)OC(C)(C)C. The zero-order chi connectivity index (χ0) is 12.8. The van der Waals surface area contributed by atoms with Gasteiger partial charge in [-0.1, -0.05) is 27.2 Å². The molecule has 0 aliphatic heterocycles. The van der Waals surface area contributed by atoms with E-state index < -0.39 is 5.60 Å². The lowest BCUT2D eigenvalue weighted by molar-refractivity contribution is -0.157. The van der Waals surface area contributed by atoms with Crippen LogP contribution in [0.2, 0.25) is 0 Å². The number of rotatable bonds is 6. The molecule has 16 heavy (non-hydrogen) atoms. The van der Waals surface area contributed by atoms with E-state index in [2.05, 4.69) is 26.1 Å². The average molecular weight is 229 g/mol. The summed E-state index contributed by atoms with van der Waals surface area (Å²) < 4.78 is 5.38. The maximum atomic E-state index is 11.9. The van der Waals surface area contributed by atoms with Crippen LogP contribution in [0.15, 0.2) is 0 Å². The summed E-state index contributed by atoms with van der Waals surface area (Å²) in [6.07, 6.45) is 1.82. The number of ether oxygens (including phenoxy) is 1. The molecule has 0 radical (unpaired) electrons. The van der Waals surface area contributed by atoms with Crippen LogP contribution < -0.4 is 5.32 Å². The van der Waals surface area contributed by atoms with E-state index in [9.17, 15) is 4.79 Å². The van der Waals surface area contributed by atoms with Crippen molar-refractivity contribution in [2.45, 2.75) is 66.0 Å². The van der Waals surface area contributed by atoms with Gasteiger partial charge in [0.2, 0.25) is 0 Å². The van der Waals surface area contributed by atoms with E-state index in [0.29, 0.717) is 5.92 Å². The van der Waals surface area contributed by atoms with E-state index in [1.165, 1.54) is 0 Å². The summed E-state index contributed by atoms with van der Waals surface area (Å²) >= 11 is 0. The van der Waals surface area contributed by atoms with Crippen LogP contribution in [0, 0.1) is 5.92 Å². The molecule has 3 nitrogen and oxygen atoms in total. The lowest BCUT2D eigenvalue weighted by atomic mass is 10.1. The molecule has 0 amide bonds. The first-order valence-corrected chi connectivity index (χ1v) is 6.22. The van der Waals surface area contributed by atoms with Crippen LogP contribution in [0.3, 0.4) is 0 Å². The molecule has 0 aliphatic rings. The van der Waals surface area contributed by atoms with Gasteiger partial charge in [-0.2, -0.15) is 0 Å². The van der Waals surface area contributed by atoms with Crippen LogP contribution in [0.4, 0.5) is 0 Å². The standard InChI is InChI=1S/C13H27NO2/c1-7-8-11(14-9-10(2)3)12(15)16-13(4,5)6/h10-11,14H,7-9H2,1-6H3/t11-/m1/s1. The minimum Gasteiger partial charge on any atom is -0.459 e. The van der Waals surface area contributed by atoms with Crippen molar-refractivity contribution in [1.82, 2.24) is 5.32 Å². The molecule has 0 bridgehead atoms. The number of hydrogen-bond acceptors (Lipinski definition) is 3. The van der Waals surface area contributed by atoms with Crippen molar-refractivity contribution in [3.05, 3.63) is 0 Å². The molecule has 0 fully saturated rings. The predicted octanol–water partition coefficient (Wildman–Crippen LogP) is 2.74. The van der Waals surface area contributed by atoms with Crippen molar-refractivity contribution >= 4 is 5.97 Å². The lowest BCUT2D eigenvalue weighted by Crippen LogP contribution is -2.42. The van der Waals surface area contributed by atoms with E-state index >= 15 is 0 Å². The molecule has 1 N–H and O–H groups in total. The van der Waals surface area contributed by atoms with Crippen molar-refractivity contribution in [2.24, 2.45) is 5.92 Å². The Morgan fingerprint density at radius 3 is 2.25 bits per heavy atom. The minimum absolute atomic E-state index is 0.130. The van der Waals surface area contributed by atoms with Gasteiger partial charge in [-0.25, -0.2) is 0 Å². The van der Waals surface area contributed by atoms with Gasteiger partial charge in [0, 0.05) is 0 Å². The van der Waals surface area contributed by atoms with Crippen LogP contribution in [0.25, 0.3) is 0 Å². The zero-order valence-corrected chi connectivity index (χ0v) is 11.6. The highest BCUT2D eigenvalue weighted by Crippen LogP contribution is 2.10. The molecule has 0 aromatic rings. The van der Waals surface area contributed by atoms with Gasteiger partial charge < -0.3 is 10.1 Å². The summed E-state index contributed by atoms with van der Waals surface area (Å²) in [5, 5.41) is 3.27. The first-order chi connectivity index (χ1) is 7.26. The molecule has 0 saturated carbocycles. The van der Waals surface area contributed by atoms with Gasteiger partial charge in [0.25, 0.3) is 0 Å². The molecular weight excluding hydrogens is 202 g/mol. The molecule has 0 unspecified atom stereocenters. The summed E-state index contributed by atoms with van der Waals surface area (Å²) in [6, 6.07) is -0.161. The van der Waals surface area contributed by atoms with E-state index in [-0.39, 0.29) is 12.0 Å². The van der Waals surface area contributed by atoms with Crippen LogP contribution in [-0.4, -0.2) is 24.2 Å². The number of hydrogen-bond donors (Lipinski definition) is 1. The van der Waals surface area contributed by atoms with Crippen LogP contribution in [0.5, 0.6) is 0 Å². The van der Waals surface area contributed by atoms with Crippen molar-refractivity contribution in [2.75, 3.05) is 6.54 Å². The highest BCUT2D eigenvalue weighted by atomic mass is 16.6. The zero-order valence-electron chi connectivity index (χ0n) is 11.6. The topological polar surface area (TPSA) is 38.3 Å². The second kappa shape index (κ2) is 6.89. The summed E-state index contributed by atoms with van der Waals surface area (Å²) in [7, 11) is 0. The lowest BCUT2D eigenvalue weighted by Gasteiger charge is -2.25. The summed E-state index contributed by atoms with van der Waals surface area (Å²) in [4.78, 5) is 11.9. The molecule has 0 spiro atoms. The fourth-order valence-electron chi connectivity index (χ4n) is 1.34. The van der Waals surface area contributed by atoms with E-state index in [1.807, 2.05) is 20.8 Å². The number of carbonyl (C=O) groups excluding carboxylic acids is 1. The highest BCUT2D eigenvalue weighted by Gasteiger charge is 2.24. The van der Waals surface area contributed by atoms with Gasteiger partial charge in [-0.05, 0) is 39.7 Å². The van der Waals surface area contributed by atoms with Crippen LogP contribution in [-0.2, 0) is 9.53 Å². The maximum absolute atomic E-state index is 11.9. The average Bonchev–Trinajstić information content (AvgIpc) is 2.08. The second-order valence-electron chi connectivity index (χ2n) is 5.68. The Hall–Kier alpha value is -0.570. The normalized spacial score (nSPS) is 13.9. The van der Waals surface area contributed by atoms with Crippen molar-refractivity contribution in [1.29, 1.82) is 0 Å². The van der Waals surface area contributed by atoms with Crippen molar-refractivity contribution in [3.8, 4) is 0 Å². The third kappa shape index (κ3) is 7.69. The number of nitrogens with one attached hydrogen (secondary N) is 1. The molecule has 1 atom stereocenters. The molecule has 0 aromatic carbocycles. The Labute approximate surface area is 99.9 Å². The Bertz CT molecular complexity index is 206.